The number of pyridine rings is 1. The van der Waals surface area contributed by atoms with Crippen molar-refractivity contribution in [2.45, 2.75) is 31.6 Å². The highest BCUT2D eigenvalue weighted by atomic mass is 16.5. The monoisotopic (exact) mass is 378 g/mol. The van der Waals surface area contributed by atoms with E-state index in [4.69, 9.17) is 15.0 Å². The molecule has 0 radical (unpaired) electrons. The van der Waals surface area contributed by atoms with Gasteiger partial charge in [0.2, 0.25) is 5.91 Å². The quantitative estimate of drug-likeness (QED) is 0.680. The van der Waals surface area contributed by atoms with Crippen molar-refractivity contribution in [2.24, 2.45) is 0 Å². The normalized spacial score (nSPS) is 14.5. The molecule has 2 aromatic heterocycles. The van der Waals surface area contributed by atoms with Gasteiger partial charge in [-0.05, 0) is 30.0 Å². The van der Waals surface area contributed by atoms with Crippen LogP contribution in [0.3, 0.4) is 0 Å². The van der Waals surface area contributed by atoms with Crippen molar-refractivity contribution < 1.29 is 14.1 Å². The molecule has 3 N–H and O–H groups in total. The Hall–Kier alpha value is -3.35. The standard InChI is InChI=1S/C21H22N4O3/c1-21(7-8-21)17-11-18(25-28-17)24-19(26)9-13-3-5-14(6-4-13)15-10-16(27-2)20(22)23-12-15/h3-6,10-12H,7-9H2,1-2H3,(H2,22,23)(H,24,25,26). The van der Waals surface area contributed by atoms with Gasteiger partial charge in [-0.15, -0.1) is 0 Å². The zero-order valence-corrected chi connectivity index (χ0v) is 15.9. The van der Waals surface area contributed by atoms with Crippen LogP contribution in [0.1, 0.15) is 31.1 Å². The molecular formula is C21H22N4O3. The number of carbonyl (C=O) groups excluding carboxylic acids is 1. The van der Waals surface area contributed by atoms with Crippen LogP contribution in [0.25, 0.3) is 11.1 Å². The molecule has 7 nitrogen and oxygen atoms in total. The van der Waals surface area contributed by atoms with Crippen LogP contribution in [0, 0.1) is 0 Å². The van der Waals surface area contributed by atoms with Crippen molar-refractivity contribution in [2.75, 3.05) is 18.2 Å². The van der Waals surface area contributed by atoms with Gasteiger partial charge in [-0.25, -0.2) is 4.98 Å². The second-order valence-corrected chi connectivity index (χ2v) is 7.37. The smallest absolute Gasteiger partial charge is 0.230 e. The number of carbonyl (C=O) groups is 1. The molecule has 1 aromatic carbocycles. The van der Waals surface area contributed by atoms with Crippen LogP contribution in [0.2, 0.25) is 0 Å². The molecule has 0 saturated heterocycles. The van der Waals surface area contributed by atoms with Gasteiger partial charge in [0, 0.05) is 23.2 Å². The van der Waals surface area contributed by atoms with E-state index in [-0.39, 0.29) is 17.7 Å². The number of amides is 1. The van der Waals surface area contributed by atoms with Crippen LogP contribution < -0.4 is 15.8 Å². The Morgan fingerprint density at radius 1 is 1.25 bits per heavy atom. The Labute approximate surface area is 162 Å². The van der Waals surface area contributed by atoms with Crippen LogP contribution in [0.4, 0.5) is 11.6 Å². The summed E-state index contributed by atoms with van der Waals surface area (Å²) in [5.41, 5.74) is 8.60. The molecule has 0 aliphatic heterocycles. The minimum atomic E-state index is -0.135. The van der Waals surface area contributed by atoms with Gasteiger partial charge >= 0.3 is 0 Å². The minimum Gasteiger partial charge on any atom is -0.493 e. The average molecular weight is 378 g/mol. The summed E-state index contributed by atoms with van der Waals surface area (Å²) in [5, 5.41) is 6.74. The first kappa shape index (κ1) is 18.0. The van der Waals surface area contributed by atoms with E-state index in [2.05, 4.69) is 22.4 Å². The van der Waals surface area contributed by atoms with Crippen LogP contribution in [-0.2, 0) is 16.6 Å². The van der Waals surface area contributed by atoms with Crippen molar-refractivity contribution >= 4 is 17.5 Å². The molecule has 1 aliphatic carbocycles. The molecule has 1 amide bonds. The zero-order chi connectivity index (χ0) is 19.7. The van der Waals surface area contributed by atoms with E-state index in [1.54, 1.807) is 13.3 Å². The van der Waals surface area contributed by atoms with Crippen molar-refractivity contribution in [3.05, 3.63) is 53.9 Å². The SMILES string of the molecule is COc1cc(-c2ccc(CC(=O)Nc3cc(C4(C)CC4)on3)cc2)cnc1N. The van der Waals surface area contributed by atoms with Gasteiger partial charge in [0.25, 0.3) is 0 Å². The number of nitrogen functional groups attached to an aromatic ring is 1. The molecule has 28 heavy (non-hydrogen) atoms. The number of nitrogens with two attached hydrogens (primary N) is 1. The number of methoxy groups -OCH3 is 1. The highest BCUT2D eigenvalue weighted by Crippen LogP contribution is 2.48. The summed E-state index contributed by atoms with van der Waals surface area (Å²) in [4.78, 5) is 16.4. The van der Waals surface area contributed by atoms with Gasteiger partial charge in [0.05, 0.1) is 13.5 Å². The number of hydrogen-bond acceptors (Lipinski definition) is 6. The first-order chi connectivity index (χ1) is 13.5. The summed E-state index contributed by atoms with van der Waals surface area (Å²) in [6.45, 7) is 2.13. The van der Waals surface area contributed by atoms with Gasteiger partial charge in [-0.2, -0.15) is 0 Å². The summed E-state index contributed by atoms with van der Waals surface area (Å²) in [6.07, 6.45) is 4.14. The molecule has 0 atom stereocenters. The summed E-state index contributed by atoms with van der Waals surface area (Å²) < 4.78 is 10.6. The van der Waals surface area contributed by atoms with E-state index in [0.29, 0.717) is 17.4 Å². The Bertz CT molecular complexity index is 1010. The highest BCUT2D eigenvalue weighted by molar-refractivity contribution is 5.91. The fraction of sp³-hybridized carbons (Fsp3) is 0.286. The number of ether oxygens (including phenoxy) is 1. The maximum Gasteiger partial charge on any atom is 0.230 e. The number of nitrogens with zero attached hydrogens (tertiary/aromatic N) is 2. The molecule has 1 saturated carbocycles. The fourth-order valence-corrected chi connectivity index (χ4v) is 3.02. The van der Waals surface area contributed by atoms with Gasteiger partial charge in [0.15, 0.2) is 17.4 Å². The average Bonchev–Trinajstić information content (AvgIpc) is 3.26. The Kier molecular flexibility index (Phi) is 4.50. The predicted octanol–water partition coefficient (Wildman–Crippen LogP) is 3.56. The van der Waals surface area contributed by atoms with E-state index in [0.717, 1.165) is 35.3 Å². The third kappa shape index (κ3) is 3.69. The first-order valence-electron chi connectivity index (χ1n) is 9.13. The molecule has 144 valence electrons. The summed E-state index contributed by atoms with van der Waals surface area (Å²) in [5.74, 6) is 2.05. The molecular weight excluding hydrogens is 356 g/mol. The molecule has 7 heteroatoms. The lowest BCUT2D eigenvalue weighted by Gasteiger charge is -2.08. The second-order valence-electron chi connectivity index (χ2n) is 7.37. The third-order valence-corrected chi connectivity index (χ3v) is 5.13. The Morgan fingerprint density at radius 2 is 2.00 bits per heavy atom. The van der Waals surface area contributed by atoms with E-state index in [9.17, 15) is 4.79 Å². The molecule has 3 aromatic rings. The van der Waals surface area contributed by atoms with Gasteiger partial charge in [0.1, 0.15) is 5.76 Å². The van der Waals surface area contributed by atoms with Crippen molar-refractivity contribution in [1.29, 1.82) is 0 Å². The van der Waals surface area contributed by atoms with Crippen LogP contribution in [-0.4, -0.2) is 23.2 Å². The minimum absolute atomic E-state index is 0.0887. The maximum atomic E-state index is 12.3. The predicted molar refractivity (Wildman–Crippen MR) is 106 cm³/mol. The van der Waals surface area contributed by atoms with Crippen molar-refractivity contribution in [3.8, 4) is 16.9 Å². The molecule has 2 heterocycles. The number of rotatable bonds is 6. The Morgan fingerprint density at radius 3 is 2.68 bits per heavy atom. The molecule has 1 aliphatic rings. The maximum absolute atomic E-state index is 12.3. The number of hydrogen-bond donors (Lipinski definition) is 2. The topological polar surface area (TPSA) is 103 Å². The highest BCUT2D eigenvalue weighted by Gasteiger charge is 2.42. The first-order valence-corrected chi connectivity index (χ1v) is 9.13. The molecule has 0 unspecified atom stereocenters. The summed E-state index contributed by atoms with van der Waals surface area (Å²) >= 11 is 0. The molecule has 1 fully saturated rings. The van der Waals surface area contributed by atoms with E-state index < -0.39 is 0 Å². The zero-order valence-electron chi connectivity index (χ0n) is 15.9. The number of anilines is 2. The van der Waals surface area contributed by atoms with Crippen LogP contribution >= 0.6 is 0 Å². The van der Waals surface area contributed by atoms with Gasteiger partial charge in [-0.3, -0.25) is 4.79 Å². The lowest BCUT2D eigenvalue weighted by atomic mass is 10.0. The van der Waals surface area contributed by atoms with Gasteiger partial charge in [-0.1, -0.05) is 36.3 Å². The van der Waals surface area contributed by atoms with Crippen molar-refractivity contribution in [3.63, 3.8) is 0 Å². The molecule has 0 spiro atoms. The van der Waals surface area contributed by atoms with E-state index in [1.165, 1.54) is 0 Å². The molecule has 4 rings (SSSR count). The molecule has 0 bridgehead atoms. The summed E-state index contributed by atoms with van der Waals surface area (Å²) in [7, 11) is 1.56. The lowest BCUT2D eigenvalue weighted by Crippen LogP contribution is -2.14. The number of nitrogens with one attached hydrogen (secondary N) is 1. The van der Waals surface area contributed by atoms with E-state index in [1.807, 2.05) is 36.4 Å². The third-order valence-electron chi connectivity index (χ3n) is 5.13. The number of aromatic nitrogens is 2. The second kappa shape index (κ2) is 6.99. The van der Waals surface area contributed by atoms with Crippen LogP contribution in [0.5, 0.6) is 5.75 Å². The van der Waals surface area contributed by atoms with Crippen LogP contribution in [0.15, 0.2) is 47.1 Å². The number of benzene rings is 1. The fourth-order valence-electron chi connectivity index (χ4n) is 3.02. The Balaban J connectivity index is 1.40. The van der Waals surface area contributed by atoms with Crippen molar-refractivity contribution in [1.82, 2.24) is 10.1 Å². The van der Waals surface area contributed by atoms with Gasteiger partial charge < -0.3 is 20.3 Å². The largest absolute Gasteiger partial charge is 0.493 e. The van der Waals surface area contributed by atoms with E-state index >= 15 is 0 Å². The summed E-state index contributed by atoms with van der Waals surface area (Å²) in [6, 6.07) is 11.4. The lowest BCUT2D eigenvalue weighted by molar-refractivity contribution is -0.115.